The molecule has 1 N–H and O–H groups in total. The highest BCUT2D eigenvalue weighted by atomic mass is 19.1. The number of nitrogens with zero attached hydrogens (tertiary/aromatic N) is 6. The van der Waals surface area contributed by atoms with Crippen molar-refractivity contribution in [2.75, 3.05) is 13.2 Å². The largest absolute Gasteiger partial charge is 0.381 e. The Labute approximate surface area is 177 Å². The number of hydrogen-bond acceptors (Lipinski definition) is 7. The van der Waals surface area contributed by atoms with Gasteiger partial charge in [-0.1, -0.05) is 0 Å². The highest BCUT2D eigenvalue weighted by Gasteiger charge is 2.38. The summed E-state index contributed by atoms with van der Waals surface area (Å²) < 4.78 is 20.4. The van der Waals surface area contributed by atoms with Crippen molar-refractivity contribution >= 4 is 11.0 Å². The van der Waals surface area contributed by atoms with Gasteiger partial charge in [-0.05, 0) is 38.5 Å². The van der Waals surface area contributed by atoms with Crippen LogP contribution < -0.4 is 5.56 Å². The van der Waals surface area contributed by atoms with E-state index in [1.807, 2.05) is 13.0 Å². The number of fused-ring (bicyclic) bond motifs is 1. The van der Waals surface area contributed by atoms with E-state index in [-0.39, 0.29) is 34.5 Å². The predicted octanol–water partition coefficient (Wildman–Crippen LogP) is 2.57. The van der Waals surface area contributed by atoms with E-state index in [4.69, 9.17) is 9.72 Å². The molecule has 31 heavy (non-hydrogen) atoms. The van der Waals surface area contributed by atoms with Gasteiger partial charge < -0.3 is 9.72 Å². The van der Waals surface area contributed by atoms with Crippen LogP contribution in [0.15, 0.2) is 17.2 Å². The molecule has 4 heterocycles. The van der Waals surface area contributed by atoms with E-state index in [1.165, 1.54) is 0 Å². The van der Waals surface area contributed by atoms with E-state index in [1.54, 1.807) is 4.68 Å². The van der Waals surface area contributed by atoms with Crippen LogP contribution in [-0.4, -0.2) is 42.9 Å². The monoisotopic (exact) mass is 423 g/mol. The van der Waals surface area contributed by atoms with Crippen molar-refractivity contribution in [3.8, 4) is 6.07 Å². The zero-order valence-electron chi connectivity index (χ0n) is 17.1. The summed E-state index contributed by atoms with van der Waals surface area (Å²) in [6.45, 7) is 3.44. The van der Waals surface area contributed by atoms with Crippen molar-refractivity contribution in [1.29, 1.82) is 5.26 Å². The van der Waals surface area contributed by atoms with Crippen molar-refractivity contribution < 1.29 is 9.13 Å². The summed E-state index contributed by atoms with van der Waals surface area (Å²) in [6.07, 6.45) is 5.75. The predicted molar refractivity (Wildman–Crippen MR) is 108 cm³/mol. The molecule has 3 aromatic rings. The van der Waals surface area contributed by atoms with Gasteiger partial charge in [0.25, 0.3) is 5.56 Å². The van der Waals surface area contributed by atoms with Crippen LogP contribution in [0.5, 0.6) is 0 Å². The molecule has 0 spiro atoms. The lowest BCUT2D eigenvalue weighted by molar-refractivity contribution is 0.0501. The highest BCUT2D eigenvalue weighted by Crippen LogP contribution is 2.46. The van der Waals surface area contributed by atoms with Crippen LogP contribution in [0.25, 0.3) is 11.0 Å². The first-order chi connectivity index (χ1) is 15.1. The highest BCUT2D eigenvalue weighted by molar-refractivity contribution is 5.80. The molecule has 1 saturated carbocycles. The quantitative estimate of drug-likeness (QED) is 0.684. The fourth-order valence-electron chi connectivity index (χ4n) is 4.65. The number of aromatic nitrogens is 6. The van der Waals surface area contributed by atoms with Crippen molar-refractivity contribution in [1.82, 2.24) is 29.7 Å². The average Bonchev–Trinajstić information content (AvgIpc) is 3.14. The van der Waals surface area contributed by atoms with E-state index in [0.717, 1.165) is 38.1 Å². The molecule has 5 rings (SSSR count). The molecule has 0 unspecified atom stereocenters. The number of halogens is 1. The summed E-state index contributed by atoms with van der Waals surface area (Å²) in [4.78, 5) is 28.8. The maximum atomic E-state index is 13.2. The summed E-state index contributed by atoms with van der Waals surface area (Å²) in [5, 5.41) is 14.2. The minimum Gasteiger partial charge on any atom is -0.381 e. The molecule has 1 aliphatic heterocycles. The van der Waals surface area contributed by atoms with Crippen molar-refractivity contribution in [3.05, 3.63) is 45.9 Å². The van der Waals surface area contributed by atoms with Gasteiger partial charge in [0.15, 0.2) is 17.2 Å². The van der Waals surface area contributed by atoms with E-state index in [9.17, 15) is 14.4 Å². The standard InChI is InChI=1S/C21H22FN7O2/c1-11(12-4-6-31-7-5-12)29-20-17(16(8-23)28-29)21(30)27-19(26-20)15-3-2-14(15)18-24-9-13(22)10-25-18/h9-12,14-15H,2-7H2,1H3,(H,26,27,30)/t11-,14-,15-/m0/s1. The Morgan fingerprint density at radius 3 is 2.58 bits per heavy atom. The van der Waals surface area contributed by atoms with Crippen LogP contribution >= 0.6 is 0 Å². The van der Waals surface area contributed by atoms with Gasteiger partial charge in [0.05, 0.1) is 18.4 Å². The second kappa shape index (κ2) is 7.81. The van der Waals surface area contributed by atoms with Crippen LogP contribution in [0.3, 0.4) is 0 Å². The molecule has 160 valence electrons. The molecular formula is C21H22FN7O2. The zero-order chi connectivity index (χ0) is 21.5. The third-order valence-electron chi connectivity index (χ3n) is 6.62. The molecule has 9 nitrogen and oxygen atoms in total. The molecule has 3 aromatic heterocycles. The molecule has 0 aromatic carbocycles. The summed E-state index contributed by atoms with van der Waals surface area (Å²) in [5.74, 6) is 0.809. The molecule has 10 heteroatoms. The van der Waals surface area contributed by atoms with Gasteiger partial charge in [0.1, 0.15) is 23.1 Å². The lowest BCUT2D eigenvalue weighted by Gasteiger charge is -2.34. The number of ether oxygens (including phenoxy) is 1. The van der Waals surface area contributed by atoms with Crippen LogP contribution in [0, 0.1) is 23.1 Å². The Balaban J connectivity index is 1.55. The number of nitrogens with one attached hydrogen (secondary N) is 1. The minimum atomic E-state index is -0.484. The van der Waals surface area contributed by atoms with Gasteiger partial charge in [0, 0.05) is 25.0 Å². The first kappa shape index (κ1) is 19.8. The second-order valence-corrected chi connectivity index (χ2v) is 8.29. The first-order valence-electron chi connectivity index (χ1n) is 10.5. The zero-order valence-corrected chi connectivity index (χ0v) is 17.1. The molecule has 1 saturated heterocycles. The normalized spacial score (nSPS) is 22.7. The Kier molecular flexibility index (Phi) is 4.98. The van der Waals surface area contributed by atoms with Gasteiger partial charge in [0.2, 0.25) is 0 Å². The number of rotatable bonds is 4. The molecule has 0 bridgehead atoms. The van der Waals surface area contributed by atoms with Crippen molar-refractivity contribution in [3.63, 3.8) is 0 Å². The van der Waals surface area contributed by atoms with Gasteiger partial charge in [-0.3, -0.25) is 4.79 Å². The molecular weight excluding hydrogens is 401 g/mol. The second-order valence-electron chi connectivity index (χ2n) is 8.29. The Hall–Kier alpha value is -3.19. The number of H-pyrrole nitrogens is 1. The lowest BCUT2D eigenvalue weighted by atomic mass is 9.72. The molecule has 3 atom stereocenters. The summed E-state index contributed by atoms with van der Waals surface area (Å²) in [6, 6.07) is 2.01. The van der Waals surface area contributed by atoms with E-state index in [2.05, 4.69) is 20.1 Å². The number of nitriles is 1. The van der Waals surface area contributed by atoms with Crippen LogP contribution in [0.4, 0.5) is 4.39 Å². The lowest BCUT2D eigenvalue weighted by Crippen LogP contribution is -2.28. The third kappa shape index (κ3) is 3.39. The maximum absolute atomic E-state index is 13.2. The van der Waals surface area contributed by atoms with Crippen molar-refractivity contribution in [2.24, 2.45) is 5.92 Å². The maximum Gasteiger partial charge on any atom is 0.263 e. The van der Waals surface area contributed by atoms with Crippen molar-refractivity contribution in [2.45, 2.75) is 50.5 Å². The minimum absolute atomic E-state index is 0.0201. The molecule has 1 aliphatic carbocycles. The van der Waals surface area contributed by atoms with E-state index in [0.29, 0.717) is 36.4 Å². The molecule has 2 aliphatic rings. The first-order valence-corrected chi connectivity index (χ1v) is 10.5. The Morgan fingerprint density at radius 2 is 1.94 bits per heavy atom. The van der Waals surface area contributed by atoms with Gasteiger partial charge >= 0.3 is 0 Å². The van der Waals surface area contributed by atoms with Crippen LogP contribution in [-0.2, 0) is 4.74 Å². The summed E-state index contributed by atoms with van der Waals surface area (Å²) in [5.41, 5.74) is 0.147. The van der Waals surface area contributed by atoms with Crippen LogP contribution in [0.2, 0.25) is 0 Å². The number of aromatic amines is 1. The van der Waals surface area contributed by atoms with Gasteiger partial charge in [-0.15, -0.1) is 0 Å². The summed E-state index contributed by atoms with van der Waals surface area (Å²) in [7, 11) is 0. The summed E-state index contributed by atoms with van der Waals surface area (Å²) >= 11 is 0. The fourth-order valence-corrected chi connectivity index (χ4v) is 4.65. The number of hydrogen-bond donors (Lipinski definition) is 1. The topological polar surface area (TPSA) is 122 Å². The van der Waals surface area contributed by atoms with E-state index >= 15 is 0 Å². The Bertz CT molecular complexity index is 1210. The molecule has 2 fully saturated rings. The van der Waals surface area contributed by atoms with Gasteiger partial charge in [-0.25, -0.2) is 24.0 Å². The average molecular weight is 423 g/mol. The smallest absolute Gasteiger partial charge is 0.263 e. The molecule has 0 amide bonds. The fraction of sp³-hybridized carbons (Fsp3) is 0.524. The van der Waals surface area contributed by atoms with E-state index < -0.39 is 5.82 Å². The third-order valence-corrected chi connectivity index (χ3v) is 6.62. The SMILES string of the molecule is C[C@@H](C1CCOCC1)n1nc(C#N)c2c(=O)[nH]c([C@H]3CC[C@@H]3c3ncc(F)cn3)nc21. The molecule has 0 radical (unpaired) electrons. The van der Waals surface area contributed by atoms with Crippen LogP contribution in [0.1, 0.15) is 67.8 Å². The van der Waals surface area contributed by atoms with Gasteiger partial charge in [-0.2, -0.15) is 10.4 Å². The Morgan fingerprint density at radius 1 is 1.23 bits per heavy atom.